The summed E-state index contributed by atoms with van der Waals surface area (Å²) in [4.78, 5) is 0. The molecule has 59 heavy (non-hydrogen) atoms. The highest BCUT2D eigenvalue weighted by Gasteiger charge is 2.21. The van der Waals surface area contributed by atoms with Gasteiger partial charge in [0.1, 0.15) is 0 Å². The minimum Gasteiger partial charge on any atom is -0.309 e. The van der Waals surface area contributed by atoms with E-state index in [9.17, 15) is 5.26 Å². The molecular formula is C57H34N2. The Kier molecular flexibility index (Phi) is 7.33. The van der Waals surface area contributed by atoms with E-state index < -0.39 is 0 Å². The second-order valence-electron chi connectivity index (χ2n) is 15.5. The molecule has 0 saturated heterocycles. The minimum absolute atomic E-state index is 0.700. The zero-order valence-electron chi connectivity index (χ0n) is 32.0. The molecule has 1 heterocycles. The summed E-state index contributed by atoms with van der Waals surface area (Å²) in [5, 5.41) is 22.0. The van der Waals surface area contributed by atoms with Crippen LogP contribution in [0.15, 0.2) is 206 Å². The van der Waals surface area contributed by atoms with Crippen LogP contribution in [0.1, 0.15) is 5.56 Å². The Morgan fingerprint density at radius 1 is 0.339 bits per heavy atom. The van der Waals surface area contributed by atoms with E-state index in [2.05, 4.69) is 211 Å². The molecule has 0 aliphatic heterocycles. The number of hydrogen-bond acceptors (Lipinski definition) is 1. The Bertz CT molecular complexity index is 3650. The number of nitriles is 1. The van der Waals surface area contributed by atoms with Crippen LogP contribution < -0.4 is 0 Å². The van der Waals surface area contributed by atoms with Gasteiger partial charge in [-0.3, -0.25) is 0 Å². The lowest BCUT2D eigenvalue weighted by Gasteiger charge is -2.19. The molecule has 0 unspecified atom stereocenters. The van der Waals surface area contributed by atoms with Crippen LogP contribution in [-0.4, -0.2) is 4.57 Å². The van der Waals surface area contributed by atoms with Crippen LogP contribution in [0.4, 0.5) is 0 Å². The van der Waals surface area contributed by atoms with Gasteiger partial charge in [-0.05, 0) is 131 Å². The molecule has 0 N–H and O–H groups in total. The Hall–Kier alpha value is -7.99. The molecule has 0 aliphatic carbocycles. The third kappa shape index (κ3) is 5.05. The number of rotatable bonds is 5. The van der Waals surface area contributed by atoms with Gasteiger partial charge in [-0.2, -0.15) is 5.26 Å². The second-order valence-corrected chi connectivity index (χ2v) is 15.5. The molecule has 1 aromatic heterocycles. The fourth-order valence-corrected chi connectivity index (χ4v) is 9.74. The van der Waals surface area contributed by atoms with Crippen LogP contribution in [0.3, 0.4) is 0 Å². The van der Waals surface area contributed by atoms with Crippen molar-refractivity contribution in [3.05, 3.63) is 212 Å². The van der Waals surface area contributed by atoms with E-state index in [0.29, 0.717) is 5.56 Å². The van der Waals surface area contributed by atoms with Crippen LogP contribution >= 0.6 is 0 Å². The molecule has 272 valence electrons. The van der Waals surface area contributed by atoms with Crippen LogP contribution in [-0.2, 0) is 0 Å². The van der Waals surface area contributed by atoms with Gasteiger partial charge in [0.15, 0.2) is 0 Å². The van der Waals surface area contributed by atoms with E-state index >= 15 is 0 Å². The lowest BCUT2D eigenvalue weighted by Crippen LogP contribution is -1.93. The largest absolute Gasteiger partial charge is 0.309 e. The Morgan fingerprint density at radius 3 is 1.51 bits per heavy atom. The second kappa shape index (κ2) is 13.0. The van der Waals surface area contributed by atoms with Gasteiger partial charge in [-0.25, -0.2) is 0 Å². The normalized spacial score (nSPS) is 11.7. The van der Waals surface area contributed by atoms with Gasteiger partial charge in [0.2, 0.25) is 0 Å². The van der Waals surface area contributed by atoms with Gasteiger partial charge in [-0.15, -0.1) is 0 Å². The number of hydrogen-bond donors (Lipinski definition) is 0. The van der Waals surface area contributed by atoms with Crippen molar-refractivity contribution in [2.75, 3.05) is 0 Å². The molecular weight excluding hydrogens is 713 g/mol. The van der Waals surface area contributed by atoms with Crippen molar-refractivity contribution < 1.29 is 0 Å². The maximum absolute atomic E-state index is 10.1. The van der Waals surface area contributed by atoms with E-state index in [1.807, 2.05) is 6.07 Å². The maximum Gasteiger partial charge on any atom is 0.0998 e. The van der Waals surface area contributed by atoms with Crippen LogP contribution in [0.5, 0.6) is 0 Å². The highest BCUT2D eigenvalue weighted by molar-refractivity contribution is 6.27. The summed E-state index contributed by atoms with van der Waals surface area (Å²) in [5.74, 6) is 0. The summed E-state index contributed by atoms with van der Waals surface area (Å²) in [6, 6.07) is 77.1. The highest BCUT2D eigenvalue weighted by Crippen LogP contribution is 2.46. The third-order valence-corrected chi connectivity index (χ3v) is 12.4. The molecule has 12 rings (SSSR count). The summed E-state index contributed by atoms with van der Waals surface area (Å²) >= 11 is 0. The maximum atomic E-state index is 10.1. The van der Waals surface area contributed by atoms with Crippen LogP contribution in [0, 0.1) is 11.3 Å². The van der Waals surface area contributed by atoms with Crippen molar-refractivity contribution in [3.8, 4) is 56.3 Å². The van der Waals surface area contributed by atoms with Crippen molar-refractivity contribution in [1.29, 1.82) is 5.26 Å². The molecule has 0 atom stereocenters. The van der Waals surface area contributed by atoms with Crippen molar-refractivity contribution in [2.45, 2.75) is 0 Å². The fraction of sp³-hybridized carbons (Fsp3) is 0. The summed E-state index contributed by atoms with van der Waals surface area (Å²) < 4.78 is 2.33. The van der Waals surface area contributed by atoms with E-state index in [-0.39, 0.29) is 0 Å². The highest BCUT2D eigenvalue weighted by atomic mass is 15.0. The van der Waals surface area contributed by atoms with E-state index in [4.69, 9.17) is 0 Å². The average Bonchev–Trinajstić information content (AvgIpc) is 3.65. The molecule has 0 spiro atoms. The first-order chi connectivity index (χ1) is 29.2. The lowest BCUT2D eigenvalue weighted by atomic mass is 9.85. The SMILES string of the molecule is N#Cc1ccc2c3c1ccc1c(-c4ccc5cc(-c6ccc7c(-c8ccccc8)c8ccccc8c(-c8ccccc8)c7c6)ccc5c4)ccc(c13)n2-c1ccccc1. The zero-order chi connectivity index (χ0) is 39.0. The van der Waals surface area contributed by atoms with Crippen molar-refractivity contribution in [1.82, 2.24) is 4.57 Å². The summed E-state index contributed by atoms with van der Waals surface area (Å²) in [7, 11) is 0. The summed E-state index contributed by atoms with van der Waals surface area (Å²) in [6.07, 6.45) is 0. The number of nitrogens with zero attached hydrogens (tertiary/aromatic N) is 2. The molecule has 0 radical (unpaired) electrons. The Labute approximate surface area is 341 Å². The molecule has 0 fully saturated rings. The van der Waals surface area contributed by atoms with Gasteiger partial charge in [0, 0.05) is 21.8 Å². The number of para-hydroxylation sites is 1. The molecule has 2 heteroatoms. The predicted octanol–water partition coefficient (Wildman–Crippen LogP) is 15.4. The molecule has 0 aliphatic rings. The van der Waals surface area contributed by atoms with Gasteiger partial charge in [0.25, 0.3) is 0 Å². The standard InChI is InChI=1S/C57H34N2/c58-35-43-25-30-52-56-46(43)27-28-49-45(29-31-53(57(49)56)59(52)44-16-8-3-9-17-44)42-23-22-38-32-39(20-21-40(38)33-42)41-24-26-50-51(34-41)55(37-14-6-2-7-15-37)48-19-11-10-18-47(48)54(50)36-12-4-1-5-13-36/h1-34H. The average molecular weight is 747 g/mol. The first-order valence-electron chi connectivity index (χ1n) is 20.1. The molecule has 12 aromatic rings. The monoisotopic (exact) mass is 746 g/mol. The van der Waals surface area contributed by atoms with Crippen LogP contribution in [0.2, 0.25) is 0 Å². The zero-order valence-corrected chi connectivity index (χ0v) is 32.0. The van der Waals surface area contributed by atoms with Crippen molar-refractivity contribution >= 4 is 64.9 Å². The van der Waals surface area contributed by atoms with Crippen LogP contribution in [0.25, 0.3) is 115 Å². The quantitative estimate of drug-likeness (QED) is 0.127. The minimum atomic E-state index is 0.700. The molecule has 11 aromatic carbocycles. The fourth-order valence-electron chi connectivity index (χ4n) is 9.74. The van der Waals surface area contributed by atoms with Crippen molar-refractivity contribution in [3.63, 3.8) is 0 Å². The molecule has 2 nitrogen and oxygen atoms in total. The molecule has 0 amide bonds. The Morgan fingerprint density at radius 2 is 0.831 bits per heavy atom. The first kappa shape index (κ1) is 33.2. The van der Waals surface area contributed by atoms with E-state index in [0.717, 1.165) is 27.5 Å². The number of aromatic nitrogens is 1. The molecule has 0 bridgehead atoms. The summed E-state index contributed by atoms with van der Waals surface area (Å²) in [5.41, 5.74) is 13.8. The number of fused-ring (bicyclic) bond motifs is 3. The smallest absolute Gasteiger partial charge is 0.0998 e. The lowest BCUT2D eigenvalue weighted by molar-refractivity contribution is 1.18. The van der Waals surface area contributed by atoms with E-state index in [1.165, 1.54) is 87.6 Å². The van der Waals surface area contributed by atoms with E-state index in [1.54, 1.807) is 0 Å². The predicted molar refractivity (Wildman–Crippen MR) is 248 cm³/mol. The van der Waals surface area contributed by atoms with Gasteiger partial charge < -0.3 is 4.57 Å². The van der Waals surface area contributed by atoms with Gasteiger partial charge in [-0.1, -0.05) is 158 Å². The summed E-state index contributed by atoms with van der Waals surface area (Å²) in [6.45, 7) is 0. The van der Waals surface area contributed by atoms with Crippen molar-refractivity contribution in [2.24, 2.45) is 0 Å². The molecule has 0 saturated carbocycles. The van der Waals surface area contributed by atoms with Gasteiger partial charge in [0.05, 0.1) is 22.7 Å². The third-order valence-electron chi connectivity index (χ3n) is 12.4. The first-order valence-corrected chi connectivity index (χ1v) is 20.1. The van der Waals surface area contributed by atoms with Gasteiger partial charge >= 0.3 is 0 Å². The topological polar surface area (TPSA) is 28.7 Å². The number of benzene rings is 11. The Balaban J connectivity index is 1.01.